The number of carboxylic acids is 1. The molecule has 0 aromatic heterocycles. The summed E-state index contributed by atoms with van der Waals surface area (Å²) in [5.41, 5.74) is 3.81. The summed E-state index contributed by atoms with van der Waals surface area (Å²) in [7, 11) is 1.57. The summed E-state index contributed by atoms with van der Waals surface area (Å²) >= 11 is 0. The van der Waals surface area contributed by atoms with Gasteiger partial charge in [-0.1, -0.05) is 48.5 Å². The molecule has 0 unspecified atom stereocenters. The number of hydrogen-bond donors (Lipinski definition) is 1. The van der Waals surface area contributed by atoms with Crippen molar-refractivity contribution < 1.29 is 19.4 Å². The molecule has 3 rings (SSSR count). The molecule has 0 radical (unpaired) electrons. The van der Waals surface area contributed by atoms with E-state index in [9.17, 15) is 9.59 Å². The number of carbonyl (C=O) groups excluding carboxylic acids is 1. The molecule has 0 spiro atoms. The van der Waals surface area contributed by atoms with E-state index in [1.807, 2.05) is 24.3 Å². The molecule has 0 bridgehead atoms. The van der Waals surface area contributed by atoms with Crippen molar-refractivity contribution in [3.05, 3.63) is 59.7 Å². The smallest absolute Gasteiger partial charge is 0.409 e. The molecule has 5 heteroatoms. The quantitative estimate of drug-likeness (QED) is 0.878. The highest BCUT2D eigenvalue weighted by Crippen LogP contribution is 2.44. The van der Waals surface area contributed by atoms with Gasteiger partial charge in [0.2, 0.25) is 0 Å². The standard InChI is InChI=1S/C21H23NO4/c1-21(2,12-19(23)24)22(3)20(25)26-13-18-16-10-6-4-8-14(16)15-9-5-7-11-17(15)18/h4-11,18H,12-13H2,1-3H3,(H,23,24). The fraction of sp³-hybridized carbons (Fsp3) is 0.333. The second-order valence-electron chi connectivity index (χ2n) is 7.25. The fourth-order valence-electron chi connectivity index (χ4n) is 3.43. The van der Waals surface area contributed by atoms with Crippen LogP contribution in [0, 0.1) is 0 Å². The first-order chi connectivity index (χ1) is 12.3. The molecule has 1 aliphatic carbocycles. The van der Waals surface area contributed by atoms with E-state index in [-0.39, 0.29) is 18.9 Å². The first-order valence-electron chi connectivity index (χ1n) is 8.62. The van der Waals surface area contributed by atoms with Crippen molar-refractivity contribution >= 4 is 12.1 Å². The van der Waals surface area contributed by atoms with Crippen LogP contribution in [-0.4, -0.2) is 41.3 Å². The normalized spacial score (nSPS) is 13.0. The summed E-state index contributed by atoms with van der Waals surface area (Å²) in [4.78, 5) is 24.8. The second kappa shape index (κ2) is 6.83. The molecule has 0 atom stereocenters. The Morgan fingerprint density at radius 2 is 1.54 bits per heavy atom. The summed E-state index contributed by atoms with van der Waals surface area (Å²) in [5, 5.41) is 9.02. The molecule has 5 nitrogen and oxygen atoms in total. The second-order valence-corrected chi connectivity index (χ2v) is 7.25. The van der Waals surface area contributed by atoms with Gasteiger partial charge in [0.05, 0.1) is 12.0 Å². The first-order valence-corrected chi connectivity index (χ1v) is 8.62. The third kappa shape index (κ3) is 3.29. The Labute approximate surface area is 153 Å². The van der Waals surface area contributed by atoms with Crippen molar-refractivity contribution in [2.45, 2.75) is 31.7 Å². The maximum atomic E-state index is 12.5. The van der Waals surface area contributed by atoms with Gasteiger partial charge in [-0.05, 0) is 36.1 Å². The van der Waals surface area contributed by atoms with Crippen LogP contribution in [0.5, 0.6) is 0 Å². The number of carbonyl (C=O) groups is 2. The Bertz CT molecular complexity index is 798. The van der Waals surface area contributed by atoms with E-state index in [0.29, 0.717) is 0 Å². The van der Waals surface area contributed by atoms with Crippen molar-refractivity contribution in [2.75, 3.05) is 13.7 Å². The van der Waals surface area contributed by atoms with Crippen molar-refractivity contribution in [3.63, 3.8) is 0 Å². The summed E-state index contributed by atoms with van der Waals surface area (Å²) in [5.74, 6) is -0.962. The first kappa shape index (κ1) is 18.0. The average Bonchev–Trinajstić information content (AvgIpc) is 2.92. The Morgan fingerprint density at radius 1 is 1.04 bits per heavy atom. The summed E-state index contributed by atoms with van der Waals surface area (Å²) < 4.78 is 5.56. The molecule has 2 aromatic carbocycles. The number of nitrogens with zero attached hydrogens (tertiary/aromatic N) is 1. The van der Waals surface area contributed by atoms with Gasteiger partial charge in [-0.15, -0.1) is 0 Å². The van der Waals surface area contributed by atoms with Crippen LogP contribution in [-0.2, 0) is 9.53 Å². The highest BCUT2D eigenvalue weighted by atomic mass is 16.6. The van der Waals surface area contributed by atoms with Gasteiger partial charge in [-0.25, -0.2) is 4.79 Å². The number of ether oxygens (including phenoxy) is 1. The maximum absolute atomic E-state index is 12.5. The summed E-state index contributed by atoms with van der Waals surface area (Å²) in [6, 6.07) is 16.3. The summed E-state index contributed by atoms with van der Waals surface area (Å²) in [6.45, 7) is 3.64. The highest BCUT2D eigenvalue weighted by Gasteiger charge is 2.33. The molecule has 1 N–H and O–H groups in total. The van der Waals surface area contributed by atoms with Crippen LogP contribution < -0.4 is 0 Å². The van der Waals surface area contributed by atoms with Crippen molar-refractivity contribution in [1.82, 2.24) is 4.90 Å². The zero-order chi connectivity index (χ0) is 18.9. The number of benzene rings is 2. The Balaban J connectivity index is 1.76. The average molecular weight is 353 g/mol. The lowest BCUT2D eigenvalue weighted by Gasteiger charge is -2.33. The van der Waals surface area contributed by atoms with Crippen molar-refractivity contribution in [2.24, 2.45) is 0 Å². The predicted molar refractivity (Wildman–Crippen MR) is 99.2 cm³/mol. The van der Waals surface area contributed by atoms with Crippen LogP contribution in [0.4, 0.5) is 4.79 Å². The molecule has 26 heavy (non-hydrogen) atoms. The monoisotopic (exact) mass is 353 g/mol. The molecular weight excluding hydrogens is 330 g/mol. The fourth-order valence-corrected chi connectivity index (χ4v) is 3.43. The number of fused-ring (bicyclic) bond motifs is 3. The molecule has 136 valence electrons. The van der Waals surface area contributed by atoms with Gasteiger partial charge in [0.1, 0.15) is 6.61 Å². The van der Waals surface area contributed by atoms with Gasteiger partial charge >= 0.3 is 12.1 Å². The van der Waals surface area contributed by atoms with Gasteiger partial charge < -0.3 is 14.7 Å². The molecule has 1 aliphatic rings. The van der Waals surface area contributed by atoms with E-state index in [0.717, 1.165) is 11.1 Å². The Hall–Kier alpha value is -2.82. The van der Waals surface area contributed by atoms with Gasteiger partial charge in [0, 0.05) is 13.0 Å². The van der Waals surface area contributed by atoms with E-state index in [1.165, 1.54) is 16.0 Å². The van der Waals surface area contributed by atoms with E-state index in [4.69, 9.17) is 9.84 Å². The molecule has 0 heterocycles. The zero-order valence-electron chi connectivity index (χ0n) is 15.2. The van der Waals surface area contributed by atoms with Gasteiger partial charge in [-0.3, -0.25) is 4.79 Å². The van der Waals surface area contributed by atoms with E-state index < -0.39 is 17.6 Å². The van der Waals surface area contributed by atoms with Crippen LogP contribution in [0.25, 0.3) is 11.1 Å². The molecule has 1 amide bonds. The topological polar surface area (TPSA) is 66.8 Å². The predicted octanol–water partition coefficient (Wildman–Crippen LogP) is 4.12. The van der Waals surface area contributed by atoms with Crippen LogP contribution >= 0.6 is 0 Å². The van der Waals surface area contributed by atoms with E-state index in [1.54, 1.807) is 20.9 Å². The highest BCUT2D eigenvalue weighted by molar-refractivity contribution is 5.79. The third-order valence-corrected chi connectivity index (χ3v) is 5.10. The van der Waals surface area contributed by atoms with E-state index in [2.05, 4.69) is 24.3 Å². The molecule has 0 aliphatic heterocycles. The van der Waals surface area contributed by atoms with Crippen molar-refractivity contribution in [3.8, 4) is 11.1 Å². The number of rotatable bonds is 5. The lowest BCUT2D eigenvalue weighted by atomic mass is 9.98. The maximum Gasteiger partial charge on any atom is 0.409 e. The molecule has 0 saturated carbocycles. The number of amides is 1. The minimum absolute atomic E-state index is 0.0117. The van der Waals surface area contributed by atoms with Crippen molar-refractivity contribution in [1.29, 1.82) is 0 Å². The Kier molecular flexibility index (Phi) is 4.72. The van der Waals surface area contributed by atoms with Gasteiger partial charge in [-0.2, -0.15) is 0 Å². The SMILES string of the molecule is CN(C(=O)OCC1c2ccccc2-c2ccccc21)C(C)(C)CC(=O)O. The van der Waals surface area contributed by atoms with Gasteiger partial charge in [0.25, 0.3) is 0 Å². The molecule has 0 fully saturated rings. The minimum Gasteiger partial charge on any atom is -0.481 e. The van der Waals surface area contributed by atoms with Crippen LogP contribution in [0.3, 0.4) is 0 Å². The number of hydrogen-bond acceptors (Lipinski definition) is 3. The number of aliphatic carboxylic acids is 1. The minimum atomic E-state index is -0.951. The van der Waals surface area contributed by atoms with Crippen LogP contribution in [0.15, 0.2) is 48.5 Å². The zero-order valence-corrected chi connectivity index (χ0v) is 15.2. The van der Waals surface area contributed by atoms with E-state index >= 15 is 0 Å². The largest absolute Gasteiger partial charge is 0.481 e. The van der Waals surface area contributed by atoms with Gasteiger partial charge in [0.15, 0.2) is 0 Å². The van der Waals surface area contributed by atoms with Crippen LogP contribution in [0.1, 0.15) is 37.3 Å². The van der Waals surface area contributed by atoms with Crippen LogP contribution in [0.2, 0.25) is 0 Å². The Morgan fingerprint density at radius 3 is 2.04 bits per heavy atom. The molecule has 2 aromatic rings. The lowest BCUT2D eigenvalue weighted by Crippen LogP contribution is -2.46. The number of carboxylic acid groups (broad SMARTS) is 1. The molecule has 0 saturated heterocycles. The summed E-state index contributed by atoms with van der Waals surface area (Å²) in [6.07, 6.45) is -0.661. The molecular formula is C21H23NO4. The third-order valence-electron chi connectivity index (χ3n) is 5.10. The lowest BCUT2D eigenvalue weighted by molar-refractivity contribution is -0.139.